The number of ether oxygens (including phenoxy) is 1. The lowest BCUT2D eigenvalue weighted by Gasteiger charge is -2.08. The molecule has 0 atom stereocenters. The third-order valence-electron chi connectivity index (χ3n) is 3.56. The number of carbonyl (C=O) groups excluding carboxylic acids is 2. The number of hydrogen-bond donors (Lipinski definition) is 1. The Kier molecular flexibility index (Phi) is 6.71. The van der Waals surface area contributed by atoms with E-state index in [1.165, 1.54) is 0 Å². The molecule has 0 aliphatic heterocycles. The zero-order chi connectivity index (χ0) is 20.9. The molecule has 2 aromatic carbocycles. The standard InChI is InChI=1S/C17H15ClN2O7S/c1-28(25,26)15-7-6-11(8-14(15)20(23)24)17(22)27-10-16(21)19-9-12-4-2-3-5-13(12)18/h2-8H,9-10H2,1H3,(H,19,21). The summed E-state index contributed by atoms with van der Waals surface area (Å²) in [6, 6.07) is 9.69. The van der Waals surface area contributed by atoms with E-state index in [0.717, 1.165) is 24.5 Å². The number of halogens is 1. The van der Waals surface area contributed by atoms with Gasteiger partial charge in [-0.05, 0) is 23.8 Å². The number of nitrogens with one attached hydrogen (secondary N) is 1. The van der Waals surface area contributed by atoms with E-state index >= 15 is 0 Å². The number of nitro benzene ring substituents is 1. The quantitative estimate of drug-likeness (QED) is 0.407. The molecule has 0 aliphatic carbocycles. The van der Waals surface area contributed by atoms with E-state index in [4.69, 9.17) is 16.3 Å². The summed E-state index contributed by atoms with van der Waals surface area (Å²) in [4.78, 5) is 33.5. The van der Waals surface area contributed by atoms with Crippen molar-refractivity contribution in [2.24, 2.45) is 0 Å². The molecular weight excluding hydrogens is 412 g/mol. The zero-order valence-electron chi connectivity index (χ0n) is 14.5. The first-order valence-electron chi connectivity index (χ1n) is 7.75. The van der Waals surface area contributed by atoms with Crippen molar-refractivity contribution in [3.8, 4) is 0 Å². The van der Waals surface area contributed by atoms with Crippen molar-refractivity contribution in [2.45, 2.75) is 11.4 Å². The second kappa shape index (κ2) is 8.81. The molecule has 9 nitrogen and oxygen atoms in total. The van der Waals surface area contributed by atoms with E-state index in [1.807, 2.05) is 0 Å². The maximum Gasteiger partial charge on any atom is 0.338 e. The summed E-state index contributed by atoms with van der Waals surface area (Å²) in [6.45, 7) is -0.491. The van der Waals surface area contributed by atoms with Gasteiger partial charge in [-0.25, -0.2) is 13.2 Å². The van der Waals surface area contributed by atoms with Crippen LogP contribution in [0.15, 0.2) is 47.4 Å². The largest absolute Gasteiger partial charge is 0.452 e. The number of amides is 1. The number of hydrogen-bond acceptors (Lipinski definition) is 7. The lowest BCUT2D eigenvalue weighted by atomic mass is 10.2. The average Bonchev–Trinajstić information content (AvgIpc) is 2.64. The number of nitrogens with zero attached hydrogens (tertiary/aromatic N) is 1. The molecule has 0 heterocycles. The average molecular weight is 427 g/mol. The maximum atomic E-state index is 12.0. The van der Waals surface area contributed by atoms with Crippen LogP contribution >= 0.6 is 11.6 Å². The zero-order valence-corrected chi connectivity index (χ0v) is 16.1. The Morgan fingerprint density at radius 2 is 1.89 bits per heavy atom. The molecule has 0 saturated heterocycles. The first-order chi connectivity index (χ1) is 13.1. The number of esters is 1. The molecule has 0 radical (unpaired) electrons. The van der Waals surface area contributed by atoms with Crippen LogP contribution in [-0.4, -0.2) is 38.1 Å². The molecule has 2 aromatic rings. The van der Waals surface area contributed by atoms with Crippen LogP contribution in [0, 0.1) is 10.1 Å². The van der Waals surface area contributed by atoms with Gasteiger partial charge >= 0.3 is 5.97 Å². The summed E-state index contributed by atoms with van der Waals surface area (Å²) < 4.78 is 28.0. The minimum absolute atomic E-state index is 0.130. The molecule has 148 valence electrons. The van der Waals surface area contributed by atoms with Crippen molar-refractivity contribution in [1.82, 2.24) is 5.32 Å². The molecule has 1 amide bonds. The Labute approximate surface area is 165 Å². The van der Waals surface area contributed by atoms with Gasteiger partial charge in [0, 0.05) is 23.9 Å². The van der Waals surface area contributed by atoms with Gasteiger partial charge in [-0.1, -0.05) is 29.8 Å². The van der Waals surface area contributed by atoms with E-state index in [2.05, 4.69) is 5.32 Å². The molecule has 0 spiro atoms. The minimum atomic E-state index is -3.85. The molecule has 11 heteroatoms. The third-order valence-corrected chi connectivity index (χ3v) is 5.07. The molecule has 1 N–H and O–H groups in total. The van der Waals surface area contributed by atoms with Crippen molar-refractivity contribution in [3.05, 3.63) is 68.7 Å². The lowest BCUT2D eigenvalue weighted by molar-refractivity contribution is -0.387. The second-order valence-corrected chi connectivity index (χ2v) is 8.05. The summed E-state index contributed by atoms with van der Waals surface area (Å²) in [7, 11) is -3.85. The summed E-state index contributed by atoms with van der Waals surface area (Å²) in [5.74, 6) is -1.61. The Hall–Kier alpha value is -2.98. The summed E-state index contributed by atoms with van der Waals surface area (Å²) in [5, 5.41) is 14.1. The first-order valence-corrected chi connectivity index (χ1v) is 10.0. The van der Waals surface area contributed by atoms with Crippen LogP contribution in [0.25, 0.3) is 0 Å². The Bertz CT molecular complexity index is 1040. The van der Waals surface area contributed by atoms with Crippen LogP contribution < -0.4 is 5.32 Å². The first kappa shape index (κ1) is 21.3. The van der Waals surface area contributed by atoms with Gasteiger partial charge in [-0.3, -0.25) is 14.9 Å². The summed E-state index contributed by atoms with van der Waals surface area (Å²) in [6.07, 6.45) is 0.816. The number of rotatable bonds is 7. The van der Waals surface area contributed by atoms with Gasteiger partial charge in [0.05, 0.1) is 10.5 Å². The van der Waals surface area contributed by atoms with Crippen molar-refractivity contribution < 1.29 is 27.7 Å². The van der Waals surface area contributed by atoms with Gasteiger partial charge in [0.2, 0.25) is 0 Å². The molecule has 0 fully saturated rings. The van der Waals surface area contributed by atoms with E-state index in [9.17, 15) is 28.1 Å². The van der Waals surface area contributed by atoms with Crippen molar-refractivity contribution in [1.29, 1.82) is 0 Å². The van der Waals surface area contributed by atoms with Crippen molar-refractivity contribution in [2.75, 3.05) is 12.9 Å². The Balaban J connectivity index is 2.01. The monoisotopic (exact) mass is 426 g/mol. The van der Waals surface area contributed by atoms with Crippen LogP contribution in [0.4, 0.5) is 5.69 Å². The summed E-state index contributed by atoms with van der Waals surface area (Å²) in [5.41, 5.74) is -0.325. The molecule has 0 saturated carbocycles. The molecule has 28 heavy (non-hydrogen) atoms. The fourth-order valence-electron chi connectivity index (χ4n) is 2.20. The Morgan fingerprint density at radius 3 is 2.50 bits per heavy atom. The number of carbonyl (C=O) groups is 2. The van der Waals surface area contributed by atoms with Gasteiger partial charge in [0.1, 0.15) is 4.90 Å². The maximum absolute atomic E-state index is 12.0. The molecule has 0 bridgehead atoms. The topological polar surface area (TPSA) is 133 Å². The highest BCUT2D eigenvalue weighted by molar-refractivity contribution is 7.90. The second-order valence-electron chi connectivity index (χ2n) is 5.66. The van der Waals surface area contributed by atoms with Gasteiger partial charge in [-0.2, -0.15) is 0 Å². The predicted octanol–water partition coefficient (Wildman–Crippen LogP) is 2.12. The van der Waals surface area contributed by atoms with Crippen LogP contribution in [0.3, 0.4) is 0 Å². The molecule has 0 unspecified atom stereocenters. The van der Waals surface area contributed by atoms with Gasteiger partial charge in [-0.15, -0.1) is 0 Å². The van der Waals surface area contributed by atoms with E-state index in [1.54, 1.807) is 24.3 Å². The van der Waals surface area contributed by atoms with Crippen LogP contribution in [0.5, 0.6) is 0 Å². The minimum Gasteiger partial charge on any atom is -0.452 e. The van der Waals surface area contributed by atoms with Crippen molar-refractivity contribution >= 4 is 39.0 Å². The number of sulfone groups is 1. The number of nitro groups is 1. The Morgan fingerprint density at radius 1 is 1.21 bits per heavy atom. The smallest absolute Gasteiger partial charge is 0.338 e. The van der Waals surface area contributed by atoms with Gasteiger partial charge < -0.3 is 10.1 Å². The van der Waals surface area contributed by atoms with E-state index in [-0.39, 0.29) is 12.1 Å². The van der Waals surface area contributed by atoms with Crippen LogP contribution in [0.2, 0.25) is 5.02 Å². The van der Waals surface area contributed by atoms with Crippen LogP contribution in [-0.2, 0) is 25.9 Å². The van der Waals surface area contributed by atoms with Crippen molar-refractivity contribution in [3.63, 3.8) is 0 Å². The third kappa shape index (κ3) is 5.51. The fourth-order valence-corrected chi connectivity index (χ4v) is 3.23. The van der Waals surface area contributed by atoms with E-state index in [0.29, 0.717) is 10.6 Å². The molecular formula is C17H15ClN2O7S. The van der Waals surface area contributed by atoms with Crippen LogP contribution in [0.1, 0.15) is 15.9 Å². The molecule has 0 aliphatic rings. The highest BCUT2D eigenvalue weighted by Crippen LogP contribution is 2.25. The summed E-state index contributed by atoms with van der Waals surface area (Å²) >= 11 is 5.97. The fraction of sp³-hybridized carbons (Fsp3) is 0.176. The SMILES string of the molecule is CS(=O)(=O)c1ccc(C(=O)OCC(=O)NCc2ccccc2Cl)cc1[N+](=O)[O-]. The number of benzene rings is 2. The predicted molar refractivity (Wildman–Crippen MR) is 99.8 cm³/mol. The lowest BCUT2D eigenvalue weighted by Crippen LogP contribution is -2.28. The normalized spacial score (nSPS) is 10.9. The van der Waals surface area contributed by atoms with Gasteiger partial charge in [0.15, 0.2) is 16.4 Å². The van der Waals surface area contributed by atoms with Gasteiger partial charge in [0.25, 0.3) is 11.6 Å². The highest BCUT2D eigenvalue weighted by Gasteiger charge is 2.24. The molecule has 2 rings (SSSR count). The van der Waals surface area contributed by atoms with E-state index < -0.39 is 43.8 Å². The highest BCUT2D eigenvalue weighted by atomic mass is 35.5. The molecule has 0 aromatic heterocycles.